The summed E-state index contributed by atoms with van der Waals surface area (Å²) in [6, 6.07) is 15.2. The Morgan fingerprint density at radius 1 is 1.00 bits per heavy atom. The van der Waals surface area contributed by atoms with Crippen LogP contribution in [0.4, 0.5) is 17.2 Å². The van der Waals surface area contributed by atoms with Crippen LogP contribution in [0.15, 0.2) is 54.9 Å². The van der Waals surface area contributed by atoms with E-state index in [2.05, 4.69) is 37.2 Å². The van der Waals surface area contributed by atoms with Crippen LogP contribution >= 0.6 is 22.9 Å². The molecule has 1 saturated heterocycles. The largest absolute Gasteiger partial charge is 0.497 e. The maximum absolute atomic E-state index is 13.0. The van der Waals surface area contributed by atoms with Crippen molar-refractivity contribution in [3.63, 3.8) is 0 Å². The highest BCUT2D eigenvalue weighted by Gasteiger charge is 2.24. The van der Waals surface area contributed by atoms with Gasteiger partial charge in [0, 0.05) is 42.6 Å². The fourth-order valence-electron chi connectivity index (χ4n) is 4.20. The van der Waals surface area contributed by atoms with E-state index >= 15 is 0 Å². The van der Waals surface area contributed by atoms with E-state index in [-0.39, 0.29) is 5.91 Å². The lowest BCUT2D eigenvalue weighted by atomic mass is 10.1. The summed E-state index contributed by atoms with van der Waals surface area (Å²) in [7, 11) is 1.68. The number of methoxy groups -OCH3 is 1. The number of amides is 1. The molecule has 2 aromatic heterocycles. The first-order valence-electron chi connectivity index (χ1n) is 11.0. The minimum atomic E-state index is -0.155. The number of thiophene rings is 1. The molecule has 0 atom stereocenters. The van der Waals surface area contributed by atoms with Gasteiger partial charge in [-0.3, -0.25) is 4.79 Å². The number of benzene rings is 2. The number of nitrogens with zero attached hydrogens (tertiary/aromatic N) is 4. The van der Waals surface area contributed by atoms with Gasteiger partial charge in [-0.1, -0.05) is 11.6 Å². The molecule has 1 fully saturated rings. The van der Waals surface area contributed by atoms with Crippen molar-refractivity contribution in [2.45, 2.75) is 6.92 Å². The van der Waals surface area contributed by atoms with Crippen LogP contribution in [-0.2, 0) is 0 Å². The molecule has 5 rings (SSSR count). The first kappa shape index (κ1) is 22.4. The smallest absolute Gasteiger partial charge is 0.266 e. The van der Waals surface area contributed by atoms with E-state index in [4.69, 9.17) is 16.3 Å². The van der Waals surface area contributed by atoms with Crippen molar-refractivity contribution in [2.24, 2.45) is 0 Å². The molecule has 1 N–H and O–H groups in total. The third-order valence-electron chi connectivity index (χ3n) is 6.03. The van der Waals surface area contributed by atoms with Crippen molar-refractivity contribution in [2.75, 3.05) is 48.4 Å². The van der Waals surface area contributed by atoms with Crippen molar-refractivity contribution in [1.29, 1.82) is 0 Å². The molecule has 9 heteroatoms. The van der Waals surface area contributed by atoms with Gasteiger partial charge in [-0.05, 0) is 61.0 Å². The topological polar surface area (TPSA) is 70.6 Å². The number of hydrogen-bond donors (Lipinski definition) is 1. The number of ether oxygens (including phenoxy) is 1. The van der Waals surface area contributed by atoms with Crippen molar-refractivity contribution in [1.82, 2.24) is 9.97 Å². The summed E-state index contributed by atoms with van der Waals surface area (Å²) < 4.78 is 5.27. The second kappa shape index (κ2) is 9.48. The van der Waals surface area contributed by atoms with Gasteiger partial charge in [0.15, 0.2) is 0 Å². The second-order valence-corrected chi connectivity index (χ2v) is 9.50. The zero-order valence-electron chi connectivity index (χ0n) is 18.9. The van der Waals surface area contributed by atoms with E-state index in [9.17, 15) is 4.79 Å². The number of halogens is 1. The van der Waals surface area contributed by atoms with Gasteiger partial charge in [0.05, 0.1) is 17.4 Å². The summed E-state index contributed by atoms with van der Waals surface area (Å²) in [5, 5.41) is 4.53. The lowest BCUT2D eigenvalue weighted by Crippen LogP contribution is -2.46. The zero-order valence-corrected chi connectivity index (χ0v) is 20.5. The van der Waals surface area contributed by atoms with Gasteiger partial charge in [0.2, 0.25) is 0 Å². The Balaban J connectivity index is 1.35. The molecule has 0 aliphatic carbocycles. The Labute approximate surface area is 207 Å². The summed E-state index contributed by atoms with van der Waals surface area (Å²) in [6.45, 7) is 5.39. The number of anilines is 3. The van der Waals surface area contributed by atoms with Crippen LogP contribution in [0.25, 0.3) is 10.2 Å². The lowest BCUT2D eigenvalue weighted by Gasteiger charge is -2.37. The average Bonchev–Trinajstić information content (AvgIpc) is 3.22. The molecule has 0 bridgehead atoms. The predicted molar refractivity (Wildman–Crippen MR) is 139 cm³/mol. The summed E-state index contributed by atoms with van der Waals surface area (Å²) in [6.07, 6.45) is 1.59. The summed E-state index contributed by atoms with van der Waals surface area (Å²) in [5.41, 5.74) is 2.79. The maximum atomic E-state index is 13.0. The molecule has 174 valence electrons. The van der Waals surface area contributed by atoms with Crippen LogP contribution in [-0.4, -0.2) is 49.2 Å². The number of piperazine rings is 1. The van der Waals surface area contributed by atoms with Crippen LogP contribution in [0.2, 0.25) is 5.02 Å². The number of nitrogens with one attached hydrogen (secondary N) is 1. The number of carbonyl (C=O) groups excluding carboxylic acids is 1. The van der Waals surface area contributed by atoms with E-state index in [1.54, 1.807) is 37.7 Å². The van der Waals surface area contributed by atoms with Crippen molar-refractivity contribution >= 4 is 56.3 Å². The van der Waals surface area contributed by atoms with Gasteiger partial charge in [0.25, 0.3) is 5.91 Å². The monoisotopic (exact) mass is 493 g/mol. The zero-order chi connectivity index (χ0) is 23.7. The Morgan fingerprint density at radius 2 is 1.68 bits per heavy atom. The fraction of sp³-hybridized carbons (Fsp3) is 0.240. The normalized spacial score (nSPS) is 13.9. The first-order valence-corrected chi connectivity index (χ1v) is 12.2. The predicted octanol–water partition coefficient (Wildman–Crippen LogP) is 5.24. The Morgan fingerprint density at radius 3 is 2.35 bits per heavy atom. The van der Waals surface area contributed by atoms with E-state index in [0.29, 0.717) is 15.6 Å². The van der Waals surface area contributed by atoms with Gasteiger partial charge in [-0.2, -0.15) is 0 Å². The van der Waals surface area contributed by atoms with Crippen LogP contribution < -0.4 is 19.9 Å². The second-order valence-electron chi connectivity index (χ2n) is 8.07. The highest BCUT2D eigenvalue weighted by Crippen LogP contribution is 2.36. The molecule has 1 aliphatic heterocycles. The SMILES string of the molecule is COc1ccc(N2CCN(c3ncnc4sc(C(=O)Nc5ccc(Cl)cc5)c(C)c34)CC2)cc1. The molecule has 0 spiro atoms. The molecule has 34 heavy (non-hydrogen) atoms. The summed E-state index contributed by atoms with van der Waals surface area (Å²) in [5.74, 6) is 1.59. The molecular formula is C25H24ClN5O2S. The van der Waals surface area contributed by atoms with Crippen molar-refractivity contribution in [3.05, 3.63) is 70.3 Å². The minimum absolute atomic E-state index is 0.155. The molecule has 1 aliphatic rings. The molecule has 2 aromatic carbocycles. The van der Waals surface area contributed by atoms with Crippen LogP contribution in [0.5, 0.6) is 5.75 Å². The summed E-state index contributed by atoms with van der Waals surface area (Å²) in [4.78, 5) is 28.2. The van der Waals surface area contributed by atoms with E-state index in [0.717, 1.165) is 53.5 Å². The fourth-order valence-corrected chi connectivity index (χ4v) is 5.36. The quantitative estimate of drug-likeness (QED) is 0.410. The first-order chi connectivity index (χ1) is 16.5. The van der Waals surface area contributed by atoms with Crippen LogP contribution in [0, 0.1) is 6.92 Å². The Bertz CT molecular complexity index is 1320. The molecule has 0 saturated carbocycles. The van der Waals surface area contributed by atoms with E-state index in [1.807, 2.05) is 19.1 Å². The average molecular weight is 494 g/mol. The molecule has 1 amide bonds. The highest BCUT2D eigenvalue weighted by molar-refractivity contribution is 7.20. The van der Waals surface area contributed by atoms with Gasteiger partial charge >= 0.3 is 0 Å². The lowest BCUT2D eigenvalue weighted by molar-refractivity contribution is 0.103. The molecule has 3 heterocycles. The van der Waals surface area contributed by atoms with Gasteiger partial charge in [-0.25, -0.2) is 9.97 Å². The number of aromatic nitrogens is 2. The van der Waals surface area contributed by atoms with Crippen molar-refractivity contribution < 1.29 is 9.53 Å². The van der Waals surface area contributed by atoms with Crippen molar-refractivity contribution in [3.8, 4) is 5.75 Å². The standard InChI is InChI=1S/C25H24ClN5O2S/c1-16-21-23(31-13-11-30(12-14-31)19-7-9-20(33-2)10-8-19)27-15-28-25(21)34-22(16)24(32)29-18-5-3-17(26)4-6-18/h3-10,15H,11-14H2,1-2H3,(H,29,32). The Hall–Kier alpha value is -3.36. The third kappa shape index (κ3) is 4.38. The number of hydrogen-bond acceptors (Lipinski definition) is 7. The molecular weight excluding hydrogens is 470 g/mol. The number of carbonyl (C=O) groups is 1. The Kier molecular flexibility index (Phi) is 6.26. The van der Waals surface area contributed by atoms with E-state index in [1.165, 1.54) is 17.0 Å². The van der Waals surface area contributed by atoms with Gasteiger partial charge in [-0.15, -0.1) is 11.3 Å². The molecule has 4 aromatic rings. The highest BCUT2D eigenvalue weighted by atomic mass is 35.5. The van der Waals surface area contributed by atoms with Crippen LogP contribution in [0.1, 0.15) is 15.2 Å². The van der Waals surface area contributed by atoms with E-state index < -0.39 is 0 Å². The number of rotatable bonds is 5. The van der Waals surface area contributed by atoms with Gasteiger partial charge < -0.3 is 19.9 Å². The third-order valence-corrected chi connectivity index (χ3v) is 7.48. The molecule has 7 nitrogen and oxygen atoms in total. The minimum Gasteiger partial charge on any atom is -0.497 e. The summed E-state index contributed by atoms with van der Waals surface area (Å²) >= 11 is 7.35. The number of aryl methyl sites for hydroxylation is 1. The molecule has 0 unspecified atom stereocenters. The molecule has 0 radical (unpaired) electrons. The number of fused-ring (bicyclic) bond motifs is 1. The van der Waals surface area contributed by atoms with Gasteiger partial charge in [0.1, 0.15) is 22.7 Å². The van der Waals surface area contributed by atoms with Crippen LogP contribution in [0.3, 0.4) is 0 Å². The maximum Gasteiger partial charge on any atom is 0.266 e.